The van der Waals surface area contributed by atoms with Gasteiger partial charge in [-0.15, -0.1) is 0 Å². The number of nitrogens with zero attached hydrogens (tertiary/aromatic N) is 1. The Labute approximate surface area is 169 Å². The van der Waals surface area contributed by atoms with Crippen molar-refractivity contribution in [2.45, 2.75) is 18.6 Å². The second kappa shape index (κ2) is 11.7. The van der Waals surface area contributed by atoms with E-state index in [1.165, 1.54) is 7.11 Å². The third kappa shape index (κ3) is 6.76. The lowest BCUT2D eigenvalue weighted by Gasteiger charge is -2.26. The quantitative estimate of drug-likeness (QED) is 0.560. The Morgan fingerprint density at radius 2 is 1.79 bits per heavy atom. The van der Waals surface area contributed by atoms with Gasteiger partial charge in [0.2, 0.25) is 0 Å². The Balaban J connectivity index is 2.14. The highest BCUT2D eigenvalue weighted by Crippen LogP contribution is 2.28. The van der Waals surface area contributed by atoms with Crippen LogP contribution in [0.15, 0.2) is 48.5 Å². The largest absolute Gasteiger partial charge is 0.491 e. The molecule has 1 amide bonds. The molecule has 0 saturated carbocycles. The van der Waals surface area contributed by atoms with E-state index in [9.17, 15) is 9.90 Å². The van der Waals surface area contributed by atoms with E-state index in [4.69, 9.17) is 24.6 Å². The molecule has 0 bridgehead atoms. The molecule has 0 radical (unpaired) electrons. The standard InChI is InChI=1S/C21H24N2O6/c1-27-19(10-11-24)20(16-4-8-18(9-5-16)28-13-12-25)29-21(26)23-17-6-2-15(14-22)3-7-17/h2-9,19-20,24-25H,10-13H2,1H3,(H,23,26)/t19-,20-/m0/s1. The molecule has 154 valence electrons. The summed E-state index contributed by atoms with van der Waals surface area (Å²) in [6, 6.07) is 15.2. The average Bonchev–Trinajstić information content (AvgIpc) is 2.75. The molecule has 8 heteroatoms. The number of aliphatic hydroxyl groups excluding tert-OH is 2. The van der Waals surface area contributed by atoms with Crippen molar-refractivity contribution in [3.8, 4) is 11.8 Å². The topological polar surface area (TPSA) is 121 Å². The van der Waals surface area contributed by atoms with Crippen LogP contribution in [-0.4, -0.2) is 49.3 Å². The maximum absolute atomic E-state index is 12.4. The first-order valence-corrected chi connectivity index (χ1v) is 9.06. The van der Waals surface area contributed by atoms with E-state index in [0.717, 1.165) is 0 Å². The van der Waals surface area contributed by atoms with Gasteiger partial charge < -0.3 is 24.4 Å². The van der Waals surface area contributed by atoms with E-state index >= 15 is 0 Å². The van der Waals surface area contributed by atoms with Crippen molar-refractivity contribution in [3.63, 3.8) is 0 Å². The van der Waals surface area contributed by atoms with E-state index in [1.807, 2.05) is 6.07 Å². The van der Waals surface area contributed by atoms with Crippen molar-refractivity contribution in [3.05, 3.63) is 59.7 Å². The molecule has 0 aromatic heterocycles. The van der Waals surface area contributed by atoms with Gasteiger partial charge in [0.25, 0.3) is 0 Å². The molecule has 2 rings (SSSR count). The maximum atomic E-state index is 12.4. The van der Waals surface area contributed by atoms with Crippen LogP contribution < -0.4 is 10.1 Å². The first-order chi connectivity index (χ1) is 14.1. The number of nitrogens with one attached hydrogen (secondary N) is 1. The summed E-state index contributed by atoms with van der Waals surface area (Å²) in [5.41, 5.74) is 1.63. The van der Waals surface area contributed by atoms with E-state index in [0.29, 0.717) is 22.6 Å². The zero-order valence-electron chi connectivity index (χ0n) is 16.1. The molecule has 0 unspecified atom stereocenters. The summed E-state index contributed by atoms with van der Waals surface area (Å²) in [6.45, 7) is -0.0456. The first kappa shape index (κ1) is 22.2. The number of rotatable bonds is 10. The summed E-state index contributed by atoms with van der Waals surface area (Å²) in [5.74, 6) is 0.569. The SMILES string of the molecule is CO[C@@H](CCO)[C@@H](OC(=O)Nc1ccc(C#N)cc1)c1ccc(OCCO)cc1. The molecule has 0 spiro atoms. The number of carbonyl (C=O) groups excluding carboxylic acids is 1. The molecular formula is C21H24N2O6. The zero-order chi connectivity index (χ0) is 21.1. The van der Waals surface area contributed by atoms with Crippen molar-refractivity contribution in [1.82, 2.24) is 0 Å². The van der Waals surface area contributed by atoms with E-state index < -0.39 is 18.3 Å². The highest BCUT2D eigenvalue weighted by Gasteiger charge is 2.27. The van der Waals surface area contributed by atoms with Crippen molar-refractivity contribution in [1.29, 1.82) is 5.26 Å². The third-order valence-electron chi connectivity index (χ3n) is 4.12. The number of nitriles is 1. The highest BCUT2D eigenvalue weighted by atomic mass is 16.6. The molecule has 2 aromatic carbocycles. The van der Waals surface area contributed by atoms with Crippen LogP contribution in [0.4, 0.5) is 10.5 Å². The molecule has 0 aliphatic carbocycles. The molecule has 0 aliphatic heterocycles. The van der Waals surface area contributed by atoms with E-state index in [-0.39, 0.29) is 26.2 Å². The van der Waals surface area contributed by atoms with Crippen LogP contribution in [0.5, 0.6) is 5.75 Å². The van der Waals surface area contributed by atoms with Gasteiger partial charge >= 0.3 is 6.09 Å². The van der Waals surface area contributed by atoms with Crippen molar-refractivity contribution < 1.29 is 29.2 Å². The number of hydrogen-bond acceptors (Lipinski definition) is 7. The normalized spacial score (nSPS) is 12.5. The second-order valence-corrected chi connectivity index (χ2v) is 6.07. The van der Waals surface area contributed by atoms with Gasteiger partial charge in [-0.05, 0) is 42.0 Å². The fraction of sp³-hybridized carbons (Fsp3) is 0.333. The van der Waals surface area contributed by atoms with Crippen molar-refractivity contribution in [2.24, 2.45) is 0 Å². The minimum Gasteiger partial charge on any atom is -0.491 e. The van der Waals surface area contributed by atoms with Gasteiger partial charge in [0, 0.05) is 25.8 Å². The number of methoxy groups -OCH3 is 1. The lowest BCUT2D eigenvalue weighted by molar-refractivity contribution is -0.0306. The number of benzene rings is 2. The van der Waals surface area contributed by atoms with Gasteiger partial charge in [-0.25, -0.2) is 4.79 Å². The smallest absolute Gasteiger partial charge is 0.412 e. The summed E-state index contributed by atoms with van der Waals surface area (Å²) in [5, 5.41) is 29.6. The molecule has 0 fully saturated rings. The van der Waals surface area contributed by atoms with Crippen LogP contribution in [0.1, 0.15) is 23.7 Å². The summed E-state index contributed by atoms with van der Waals surface area (Å²) < 4.78 is 16.3. The first-order valence-electron chi connectivity index (χ1n) is 9.06. The fourth-order valence-corrected chi connectivity index (χ4v) is 2.69. The lowest BCUT2D eigenvalue weighted by Crippen LogP contribution is -2.28. The minimum absolute atomic E-state index is 0.0920. The number of amides is 1. The Morgan fingerprint density at radius 1 is 1.10 bits per heavy atom. The number of anilines is 1. The van der Waals surface area contributed by atoms with Gasteiger partial charge in [-0.3, -0.25) is 5.32 Å². The Morgan fingerprint density at radius 3 is 2.34 bits per heavy atom. The molecular weight excluding hydrogens is 376 g/mol. The highest BCUT2D eigenvalue weighted by molar-refractivity contribution is 5.84. The summed E-state index contributed by atoms with van der Waals surface area (Å²) in [4.78, 5) is 12.4. The molecule has 0 heterocycles. The molecule has 8 nitrogen and oxygen atoms in total. The number of aliphatic hydroxyl groups is 2. The van der Waals surface area contributed by atoms with Crippen LogP contribution in [0, 0.1) is 11.3 Å². The fourth-order valence-electron chi connectivity index (χ4n) is 2.69. The Kier molecular flexibility index (Phi) is 8.92. The minimum atomic E-state index is -0.766. The number of hydrogen-bond donors (Lipinski definition) is 3. The third-order valence-corrected chi connectivity index (χ3v) is 4.12. The second-order valence-electron chi connectivity index (χ2n) is 6.07. The molecule has 0 saturated heterocycles. The van der Waals surface area contributed by atoms with Gasteiger partial charge in [-0.1, -0.05) is 12.1 Å². The van der Waals surface area contributed by atoms with E-state index in [1.54, 1.807) is 48.5 Å². The molecule has 0 aliphatic rings. The van der Waals surface area contributed by atoms with Gasteiger partial charge in [0.05, 0.1) is 18.2 Å². The average molecular weight is 400 g/mol. The summed E-state index contributed by atoms with van der Waals surface area (Å²) in [7, 11) is 1.48. The van der Waals surface area contributed by atoms with Crippen LogP contribution >= 0.6 is 0 Å². The Hall–Kier alpha value is -3.12. The summed E-state index contributed by atoms with van der Waals surface area (Å²) in [6.07, 6.45) is -1.75. The monoisotopic (exact) mass is 400 g/mol. The number of carbonyl (C=O) groups is 1. The van der Waals surface area contributed by atoms with Crippen LogP contribution in [0.25, 0.3) is 0 Å². The predicted molar refractivity (Wildman–Crippen MR) is 106 cm³/mol. The van der Waals surface area contributed by atoms with Gasteiger partial charge in [-0.2, -0.15) is 5.26 Å². The Bertz CT molecular complexity index is 801. The number of ether oxygens (including phenoxy) is 3. The molecule has 2 atom stereocenters. The van der Waals surface area contributed by atoms with Crippen LogP contribution in [-0.2, 0) is 9.47 Å². The lowest BCUT2D eigenvalue weighted by atomic mass is 10.0. The molecule has 2 aromatic rings. The zero-order valence-corrected chi connectivity index (χ0v) is 16.1. The van der Waals surface area contributed by atoms with Crippen LogP contribution in [0.3, 0.4) is 0 Å². The predicted octanol–water partition coefficient (Wildman–Crippen LogP) is 2.62. The van der Waals surface area contributed by atoms with Crippen molar-refractivity contribution in [2.75, 3.05) is 32.2 Å². The molecule has 29 heavy (non-hydrogen) atoms. The molecule has 3 N–H and O–H groups in total. The van der Waals surface area contributed by atoms with Crippen LogP contribution in [0.2, 0.25) is 0 Å². The summed E-state index contributed by atoms with van der Waals surface area (Å²) >= 11 is 0. The van der Waals surface area contributed by atoms with Crippen molar-refractivity contribution >= 4 is 11.8 Å². The maximum Gasteiger partial charge on any atom is 0.412 e. The van der Waals surface area contributed by atoms with Gasteiger partial charge in [0.15, 0.2) is 6.10 Å². The van der Waals surface area contributed by atoms with Gasteiger partial charge in [0.1, 0.15) is 18.5 Å². The van der Waals surface area contributed by atoms with E-state index in [2.05, 4.69) is 5.32 Å².